The van der Waals surface area contributed by atoms with Gasteiger partial charge in [-0.05, 0) is 44.4 Å². The van der Waals surface area contributed by atoms with E-state index in [9.17, 15) is 39.6 Å². The second kappa shape index (κ2) is 12.9. The number of β-lactam (4-membered cyclic amide) rings is 1. The number of phenols is 2. The minimum absolute atomic E-state index is 0.00887. The number of aromatic hydroxyl groups is 2. The van der Waals surface area contributed by atoms with Crippen molar-refractivity contribution in [3.05, 3.63) is 63.0 Å². The van der Waals surface area contributed by atoms with Crippen molar-refractivity contribution in [2.75, 3.05) is 11.5 Å². The summed E-state index contributed by atoms with van der Waals surface area (Å²) >= 11 is 8.68. The summed E-state index contributed by atoms with van der Waals surface area (Å²) < 4.78 is 1.95. The van der Waals surface area contributed by atoms with Crippen molar-refractivity contribution in [2.24, 2.45) is 5.16 Å². The summed E-state index contributed by atoms with van der Waals surface area (Å²) in [7, 11) is 0. The number of rotatable bonds is 10. The SMILES string of the molecule is CC(C)(O/N=C(\C(=O)N[C@@H]1C(=O)N2C(C(=O)O)=C(C[n+]3ccc(-c4ccc(O)c(O)c4Cl)c4c3CCC4)CS[C@H]12)c1csc(N)n1)C(=O)O. The fourth-order valence-electron chi connectivity index (χ4n) is 5.87. The van der Waals surface area contributed by atoms with Gasteiger partial charge in [0.05, 0.1) is 5.02 Å². The Kier molecular flexibility index (Phi) is 8.93. The number of oxime groups is 1. The Morgan fingerprint density at radius 2 is 1.96 bits per heavy atom. The maximum absolute atomic E-state index is 13.4. The number of nitrogens with two attached hydrogens (primary N) is 1. The van der Waals surface area contributed by atoms with Gasteiger partial charge < -0.3 is 36.3 Å². The number of phenolic OH excluding ortho intramolecular Hbond substituents is 2. The Bertz CT molecular complexity index is 2000. The van der Waals surface area contributed by atoms with E-state index in [2.05, 4.69) is 15.5 Å². The summed E-state index contributed by atoms with van der Waals surface area (Å²) in [6.45, 7) is 2.67. The Morgan fingerprint density at radius 3 is 2.63 bits per heavy atom. The molecule has 0 radical (unpaired) electrons. The van der Waals surface area contributed by atoms with E-state index in [0.717, 1.165) is 52.3 Å². The number of nitrogens with zero attached hydrogens (tertiary/aromatic N) is 4. The number of benzene rings is 1. The predicted octanol–water partition coefficient (Wildman–Crippen LogP) is 2.26. The van der Waals surface area contributed by atoms with Gasteiger partial charge >= 0.3 is 11.9 Å². The standard InChI is InChI=1S/C31H29ClN6O9S2/c1-31(2,29(45)46)47-36-21(17-12-49-30(33)34-17)25(41)35-22-26(42)38-23(28(43)44)13(11-48-27(22)38)10-37-9-8-14(15-4-3-5-18(15)37)16-6-7-19(39)24(40)20(16)32/h6-9,12,22,27H,3-5,10-11H2,1-2H3,(H6,33,34,35,40,41,43,44,45,46)/p+1/b36-21-/t22-,27-/m1/s1. The number of hydrogen-bond acceptors (Lipinski definition) is 12. The summed E-state index contributed by atoms with van der Waals surface area (Å²) in [5.74, 6) is -4.63. The van der Waals surface area contributed by atoms with Gasteiger partial charge in [-0.15, -0.1) is 23.1 Å². The van der Waals surface area contributed by atoms with E-state index >= 15 is 0 Å². The summed E-state index contributed by atoms with van der Waals surface area (Å²) in [6.07, 6.45) is 4.10. The number of fused-ring (bicyclic) bond motifs is 2. The highest BCUT2D eigenvalue weighted by atomic mass is 35.5. The van der Waals surface area contributed by atoms with Crippen LogP contribution in [-0.4, -0.2) is 82.5 Å². The smallest absolute Gasteiger partial charge is 0.352 e. The van der Waals surface area contributed by atoms with E-state index in [1.54, 1.807) is 6.07 Å². The van der Waals surface area contributed by atoms with Gasteiger partial charge in [0, 0.05) is 40.3 Å². The fourth-order valence-corrected chi connectivity index (χ4v) is 8.02. The minimum atomic E-state index is -1.78. The highest BCUT2D eigenvalue weighted by Gasteiger charge is 2.55. The number of nitrogens with one attached hydrogen (secondary N) is 1. The molecular formula is C31H30ClN6O9S2+. The highest BCUT2D eigenvalue weighted by molar-refractivity contribution is 8.00. The molecule has 2 aliphatic heterocycles. The first-order chi connectivity index (χ1) is 23.2. The lowest BCUT2D eigenvalue weighted by molar-refractivity contribution is -0.696. The van der Waals surface area contributed by atoms with E-state index in [4.69, 9.17) is 22.2 Å². The molecule has 49 heavy (non-hydrogen) atoms. The van der Waals surface area contributed by atoms with Crippen LogP contribution >= 0.6 is 34.7 Å². The van der Waals surface area contributed by atoms with Crippen molar-refractivity contribution in [1.82, 2.24) is 15.2 Å². The average Bonchev–Trinajstić information content (AvgIpc) is 3.72. The lowest BCUT2D eigenvalue weighted by Crippen LogP contribution is -2.71. The zero-order chi connectivity index (χ0) is 35.4. The molecule has 0 spiro atoms. The number of nitrogen functional groups attached to an aromatic ring is 1. The number of carboxylic acids is 2. The Morgan fingerprint density at radius 1 is 1.20 bits per heavy atom. The van der Waals surface area contributed by atoms with Crippen LogP contribution in [0.3, 0.4) is 0 Å². The van der Waals surface area contributed by atoms with Crippen LogP contribution in [0.5, 0.6) is 11.5 Å². The monoisotopic (exact) mass is 729 g/mol. The number of carbonyl (C=O) groups is 4. The van der Waals surface area contributed by atoms with Crippen molar-refractivity contribution in [2.45, 2.75) is 56.7 Å². The number of aliphatic carboxylic acids is 2. The minimum Gasteiger partial charge on any atom is -0.504 e. The topological polar surface area (TPSA) is 229 Å². The van der Waals surface area contributed by atoms with Gasteiger partial charge in [0.1, 0.15) is 22.8 Å². The fraction of sp³-hybridized carbons (Fsp3) is 0.323. The molecule has 1 aliphatic carbocycles. The number of halogens is 1. The van der Waals surface area contributed by atoms with Crippen molar-refractivity contribution in [3.63, 3.8) is 0 Å². The van der Waals surface area contributed by atoms with Crippen LogP contribution in [0.15, 0.2) is 46.2 Å². The first-order valence-corrected chi connectivity index (χ1v) is 17.2. The van der Waals surface area contributed by atoms with Crippen LogP contribution in [0.25, 0.3) is 11.1 Å². The molecule has 7 N–H and O–H groups in total. The van der Waals surface area contributed by atoms with Crippen LogP contribution in [-0.2, 0) is 43.4 Å². The normalized spacial score (nSPS) is 18.9. The van der Waals surface area contributed by atoms with Crippen LogP contribution in [0.4, 0.5) is 5.13 Å². The number of hydrogen-bond donors (Lipinski definition) is 6. The van der Waals surface area contributed by atoms with E-state index in [0.29, 0.717) is 11.1 Å². The molecule has 2 atom stereocenters. The molecule has 18 heteroatoms. The van der Waals surface area contributed by atoms with Crippen LogP contribution < -0.4 is 15.6 Å². The number of thiazole rings is 1. The van der Waals surface area contributed by atoms with Crippen LogP contribution in [0.1, 0.15) is 37.2 Å². The van der Waals surface area contributed by atoms with Gasteiger partial charge in [0.2, 0.25) is 5.60 Å². The Balaban J connectivity index is 1.25. The molecule has 6 rings (SSSR count). The molecule has 256 valence electrons. The van der Waals surface area contributed by atoms with Crippen molar-refractivity contribution < 1.29 is 49.0 Å². The van der Waals surface area contributed by atoms with Crippen LogP contribution in [0, 0.1) is 0 Å². The molecule has 0 saturated carbocycles. The third-order valence-corrected chi connectivity index (χ3v) is 10.8. The second-order valence-corrected chi connectivity index (χ2v) is 14.3. The second-order valence-electron chi connectivity index (χ2n) is 12.0. The molecule has 4 heterocycles. The first kappa shape index (κ1) is 34.0. The van der Waals surface area contributed by atoms with Gasteiger partial charge in [-0.1, -0.05) is 16.8 Å². The van der Waals surface area contributed by atoms with Gasteiger partial charge in [-0.3, -0.25) is 14.5 Å². The Hall–Kier alpha value is -4.87. The molecule has 0 unspecified atom stereocenters. The Labute approximate surface area is 291 Å². The molecule has 1 aromatic carbocycles. The number of aromatic nitrogens is 2. The van der Waals surface area contributed by atoms with E-state index in [1.165, 1.54) is 37.1 Å². The number of carboxylic acid groups (broad SMARTS) is 2. The summed E-state index contributed by atoms with van der Waals surface area (Å²) in [6, 6.07) is 3.73. The molecule has 0 bridgehead atoms. The first-order valence-electron chi connectivity index (χ1n) is 14.9. The average molecular weight is 730 g/mol. The predicted molar refractivity (Wildman–Crippen MR) is 178 cm³/mol. The zero-order valence-electron chi connectivity index (χ0n) is 26.0. The number of pyridine rings is 1. The molecule has 3 aliphatic rings. The van der Waals surface area contributed by atoms with E-state index < -0.39 is 52.2 Å². The molecule has 2 amide bonds. The van der Waals surface area contributed by atoms with Gasteiger partial charge in [-0.25, -0.2) is 14.6 Å². The molecule has 2 aromatic heterocycles. The quantitative estimate of drug-likeness (QED) is 0.0581. The van der Waals surface area contributed by atoms with E-state index in [-0.39, 0.29) is 39.6 Å². The maximum atomic E-state index is 13.4. The van der Waals surface area contributed by atoms with Crippen molar-refractivity contribution in [3.8, 4) is 22.6 Å². The van der Waals surface area contributed by atoms with Gasteiger partial charge in [0.15, 0.2) is 40.8 Å². The highest BCUT2D eigenvalue weighted by Crippen LogP contribution is 2.43. The number of thioether (sulfide) groups is 1. The third kappa shape index (κ3) is 6.13. The van der Waals surface area contributed by atoms with Crippen molar-refractivity contribution >= 4 is 69.3 Å². The number of amides is 2. The molecular weight excluding hydrogens is 700 g/mol. The van der Waals surface area contributed by atoms with Gasteiger partial charge in [0.25, 0.3) is 11.8 Å². The number of carbonyl (C=O) groups excluding carboxylic acids is 2. The van der Waals surface area contributed by atoms with Gasteiger partial charge in [-0.2, -0.15) is 4.57 Å². The summed E-state index contributed by atoms with van der Waals surface area (Å²) in [4.78, 5) is 61.3. The lowest BCUT2D eigenvalue weighted by atomic mass is 9.98. The van der Waals surface area contributed by atoms with E-state index in [1.807, 2.05) is 16.8 Å². The lowest BCUT2D eigenvalue weighted by Gasteiger charge is -2.49. The summed E-state index contributed by atoms with van der Waals surface area (Å²) in [5, 5.41) is 46.9. The van der Waals surface area contributed by atoms with Crippen LogP contribution in [0.2, 0.25) is 5.02 Å². The molecule has 15 nitrogen and oxygen atoms in total. The molecule has 1 fully saturated rings. The third-order valence-electron chi connectivity index (χ3n) is 8.42. The molecule has 1 saturated heterocycles. The maximum Gasteiger partial charge on any atom is 0.352 e. The largest absolute Gasteiger partial charge is 0.504 e. The van der Waals surface area contributed by atoms with Crippen molar-refractivity contribution in [1.29, 1.82) is 0 Å². The molecule has 3 aromatic rings. The zero-order valence-corrected chi connectivity index (χ0v) is 28.4. The summed E-state index contributed by atoms with van der Waals surface area (Å²) in [5.41, 5.74) is 7.20. The number of anilines is 1.